The molecule has 5 heteroatoms. The highest BCUT2D eigenvalue weighted by molar-refractivity contribution is 5.77. The molecule has 1 fully saturated rings. The third-order valence-corrected chi connectivity index (χ3v) is 4.07. The van der Waals surface area contributed by atoms with Crippen LogP contribution in [0.2, 0.25) is 0 Å². The number of terminal acetylenes is 1. The SMILES string of the molecule is C#CCNC(=O)C[NH+]1CCC[C@@H]1c1ccc(OC)cc1OC. The van der Waals surface area contributed by atoms with Gasteiger partial charge >= 0.3 is 0 Å². The predicted octanol–water partition coefficient (Wildman–Crippen LogP) is 0.173. The van der Waals surface area contributed by atoms with Crippen LogP contribution >= 0.6 is 0 Å². The first-order valence-corrected chi connectivity index (χ1v) is 7.46. The van der Waals surface area contributed by atoms with Gasteiger partial charge < -0.3 is 19.7 Å². The molecule has 0 aromatic heterocycles. The van der Waals surface area contributed by atoms with Crippen molar-refractivity contribution < 1.29 is 19.2 Å². The molecule has 1 aliphatic rings. The molecule has 22 heavy (non-hydrogen) atoms. The van der Waals surface area contributed by atoms with Crippen LogP contribution in [0.1, 0.15) is 24.4 Å². The highest BCUT2D eigenvalue weighted by Crippen LogP contribution is 2.31. The van der Waals surface area contributed by atoms with Gasteiger partial charge in [-0.1, -0.05) is 5.92 Å². The molecule has 2 N–H and O–H groups in total. The highest BCUT2D eigenvalue weighted by atomic mass is 16.5. The fraction of sp³-hybridized carbons (Fsp3) is 0.471. The zero-order chi connectivity index (χ0) is 15.9. The Bertz CT molecular complexity index is 566. The van der Waals surface area contributed by atoms with E-state index in [0.717, 1.165) is 36.4 Å². The lowest BCUT2D eigenvalue weighted by atomic mass is 10.0. The van der Waals surface area contributed by atoms with Crippen molar-refractivity contribution in [3.8, 4) is 23.8 Å². The van der Waals surface area contributed by atoms with E-state index in [1.807, 2.05) is 18.2 Å². The molecule has 1 unspecified atom stereocenters. The number of benzene rings is 1. The first-order chi connectivity index (χ1) is 10.7. The molecule has 1 heterocycles. The summed E-state index contributed by atoms with van der Waals surface area (Å²) >= 11 is 0. The van der Waals surface area contributed by atoms with E-state index >= 15 is 0 Å². The Hall–Kier alpha value is -2.19. The Morgan fingerprint density at radius 1 is 1.45 bits per heavy atom. The van der Waals surface area contributed by atoms with Crippen LogP contribution in [0.25, 0.3) is 0 Å². The van der Waals surface area contributed by atoms with Crippen LogP contribution in [-0.2, 0) is 4.79 Å². The summed E-state index contributed by atoms with van der Waals surface area (Å²) in [6.07, 6.45) is 7.31. The molecule has 0 saturated carbocycles. The van der Waals surface area contributed by atoms with Crippen molar-refractivity contribution in [3.05, 3.63) is 23.8 Å². The Balaban J connectivity index is 2.13. The number of ether oxygens (including phenoxy) is 2. The smallest absolute Gasteiger partial charge is 0.275 e. The van der Waals surface area contributed by atoms with E-state index in [1.165, 1.54) is 4.90 Å². The molecule has 5 nitrogen and oxygen atoms in total. The summed E-state index contributed by atoms with van der Waals surface area (Å²) in [7, 11) is 3.30. The minimum absolute atomic E-state index is 0.00710. The number of amides is 1. The molecule has 1 saturated heterocycles. The number of hydrogen-bond donors (Lipinski definition) is 2. The zero-order valence-electron chi connectivity index (χ0n) is 13.1. The van der Waals surface area contributed by atoms with Crippen LogP contribution in [0.4, 0.5) is 0 Å². The first kappa shape index (κ1) is 16.2. The molecule has 1 amide bonds. The molecule has 0 aliphatic carbocycles. The minimum Gasteiger partial charge on any atom is -0.497 e. The summed E-state index contributed by atoms with van der Waals surface area (Å²) in [4.78, 5) is 13.2. The first-order valence-electron chi connectivity index (χ1n) is 7.46. The van der Waals surface area contributed by atoms with E-state index in [0.29, 0.717) is 6.54 Å². The number of methoxy groups -OCH3 is 2. The molecule has 0 radical (unpaired) electrons. The summed E-state index contributed by atoms with van der Waals surface area (Å²) in [5.74, 6) is 4.00. The van der Waals surface area contributed by atoms with Crippen molar-refractivity contribution in [2.24, 2.45) is 0 Å². The minimum atomic E-state index is -0.00710. The molecular formula is C17H23N2O3+. The maximum absolute atomic E-state index is 11.9. The van der Waals surface area contributed by atoms with Crippen molar-refractivity contribution in [1.29, 1.82) is 0 Å². The maximum Gasteiger partial charge on any atom is 0.275 e. The normalized spacial score (nSPS) is 20.2. The van der Waals surface area contributed by atoms with E-state index in [-0.39, 0.29) is 18.5 Å². The average molecular weight is 303 g/mol. The van der Waals surface area contributed by atoms with Crippen LogP contribution in [-0.4, -0.2) is 39.8 Å². The van der Waals surface area contributed by atoms with E-state index in [9.17, 15) is 4.79 Å². The molecule has 1 aliphatic heterocycles. The van der Waals surface area contributed by atoms with Gasteiger partial charge in [-0.2, -0.15) is 0 Å². The van der Waals surface area contributed by atoms with Gasteiger partial charge in [0.05, 0.1) is 32.9 Å². The van der Waals surface area contributed by atoms with Gasteiger partial charge in [0.1, 0.15) is 17.5 Å². The second kappa shape index (κ2) is 7.71. The van der Waals surface area contributed by atoms with E-state index < -0.39 is 0 Å². The van der Waals surface area contributed by atoms with E-state index in [1.54, 1.807) is 14.2 Å². The van der Waals surface area contributed by atoms with Gasteiger partial charge in [0.15, 0.2) is 6.54 Å². The summed E-state index contributed by atoms with van der Waals surface area (Å²) in [6, 6.07) is 6.13. The van der Waals surface area contributed by atoms with Gasteiger partial charge in [-0.05, 0) is 12.1 Å². The van der Waals surface area contributed by atoms with E-state index in [4.69, 9.17) is 15.9 Å². The maximum atomic E-state index is 11.9. The topological polar surface area (TPSA) is 52.0 Å². The Labute approximate surface area is 131 Å². The molecule has 1 aromatic rings. The van der Waals surface area contributed by atoms with Gasteiger partial charge in [-0.15, -0.1) is 6.42 Å². The molecule has 0 bridgehead atoms. The van der Waals surface area contributed by atoms with Crippen LogP contribution in [0, 0.1) is 12.3 Å². The number of likely N-dealkylation sites (tertiary alicyclic amines) is 1. The third-order valence-electron chi connectivity index (χ3n) is 4.07. The molecule has 1 aromatic carbocycles. The number of hydrogen-bond acceptors (Lipinski definition) is 3. The van der Waals surface area contributed by atoms with E-state index in [2.05, 4.69) is 11.2 Å². The number of nitrogens with one attached hydrogen (secondary N) is 2. The second-order valence-electron chi connectivity index (χ2n) is 5.37. The highest BCUT2D eigenvalue weighted by Gasteiger charge is 2.33. The van der Waals surface area contributed by atoms with Gasteiger partial charge in [-0.3, -0.25) is 4.79 Å². The van der Waals surface area contributed by atoms with Crippen molar-refractivity contribution >= 4 is 5.91 Å². The van der Waals surface area contributed by atoms with Gasteiger partial charge in [0.2, 0.25) is 0 Å². The lowest BCUT2D eigenvalue weighted by molar-refractivity contribution is -0.910. The molecule has 118 valence electrons. The van der Waals surface area contributed by atoms with Crippen LogP contribution in [0.3, 0.4) is 0 Å². The number of quaternary nitrogens is 1. The summed E-state index contributed by atoms with van der Waals surface area (Å²) in [6.45, 7) is 1.69. The van der Waals surface area contributed by atoms with Crippen molar-refractivity contribution in [2.45, 2.75) is 18.9 Å². The summed E-state index contributed by atoms with van der Waals surface area (Å²) in [5.41, 5.74) is 1.13. The largest absolute Gasteiger partial charge is 0.497 e. The monoisotopic (exact) mass is 303 g/mol. The van der Waals surface area contributed by atoms with Gasteiger partial charge in [0.25, 0.3) is 5.91 Å². The Kier molecular flexibility index (Phi) is 5.68. The zero-order valence-corrected chi connectivity index (χ0v) is 13.1. The Morgan fingerprint density at radius 3 is 2.95 bits per heavy atom. The lowest BCUT2D eigenvalue weighted by Crippen LogP contribution is -3.11. The fourth-order valence-electron chi connectivity index (χ4n) is 3.02. The second-order valence-corrected chi connectivity index (χ2v) is 5.37. The van der Waals surface area contributed by atoms with Crippen molar-refractivity contribution in [2.75, 3.05) is 33.9 Å². The standard InChI is InChI=1S/C17H22N2O3/c1-4-9-18-17(20)12-19-10-5-6-15(19)14-8-7-13(21-2)11-16(14)22-3/h1,7-8,11,15H,5-6,9-10,12H2,2-3H3,(H,18,20)/p+1/t15-/m1/s1. The van der Waals surface area contributed by atoms with Crippen LogP contribution in [0.15, 0.2) is 18.2 Å². The number of carbonyl (C=O) groups excluding carboxylic acids is 1. The molecule has 2 atom stereocenters. The molecule has 2 rings (SSSR count). The van der Waals surface area contributed by atoms with Gasteiger partial charge in [-0.25, -0.2) is 0 Å². The predicted molar refractivity (Wildman–Crippen MR) is 84.1 cm³/mol. The van der Waals surface area contributed by atoms with Gasteiger partial charge in [0, 0.05) is 18.9 Å². The molecular weight excluding hydrogens is 280 g/mol. The Morgan fingerprint density at radius 2 is 2.27 bits per heavy atom. The fourth-order valence-corrected chi connectivity index (χ4v) is 3.02. The lowest BCUT2D eigenvalue weighted by Gasteiger charge is -2.23. The number of carbonyl (C=O) groups is 1. The quantitative estimate of drug-likeness (QED) is 0.737. The average Bonchev–Trinajstić information content (AvgIpc) is 3.00. The summed E-state index contributed by atoms with van der Waals surface area (Å²) < 4.78 is 10.7. The van der Waals surface area contributed by atoms with Crippen LogP contribution < -0.4 is 19.7 Å². The van der Waals surface area contributed by atoms with Crippen molar-refractivity contribution in [1.82, 2.24) is 5.32 Å². The van der Waals surface area contributed by atoms with Crippen molar-refractivity contribution in [3.63, 3.8) is 0 Å². The molecule has 0 spiro atoms. The third kappa shape index (κ3) is 3.71. The summed E-state index contributed by atoms with van der Waals surface area (Å²) in [5, 5.41) is 2.73. The number of rotatable bonds is 6. The van der Waals surface area contributed by atoms with Crippen LogP contribution in [0.5, 0.6) is 11.5 Å².